The molecule has 0 aromatic heterocycles. The van der Waals surface area contributed by atoms with Gasteiger partial charge in [0.25, 0.3) is 0 Å². The number of hydrogen-bond acceptors (Lipinski definition) is 2. The summed E-state index contributed by atoms with van der Waals surface area (Å²) >= 11 is 0. The normalized spacial score (nSPS) is 29.6. The zero-order valence-corrected chi connectivity index (χ0v) is 13.2. The molecule has 1 saturated carbocycles. The van der Waals surface area contributed by atoms with Crippen LogP contribution in [0, 0.1) is 10.8 Å². The zero-order valence-electron chi connectivity index (χ0n) is 12.4. The first kappa shape index (κ1) is 16.8. The van der Waals surface area contributed by atoms with Crippen LogP contribution in [0.1, 0.15) is 58.8 Å². The molecule has 1 unspecified atom stereocenters. The van der Waals surface area contributed by atoms with Crippen LogP contribution in [-0.4, -0.2) is 25.5 Å². The van der Waals surface area contributed by atoms with E-state index in [-0.39, 0.29) is 23.2 Å². The van der Waals surface area contributed by atoms with Crippen LogP contribution < -0.4 is 10.6 Å². The molecule has 3 nitrogen and oxygen atoms in total. The molecule has 1 atom stereocenters. The lowest BCUT2D eigenvalue weighted by molar-refractivity contribution is -0.131. The van der Waals surface area contributed by atoms with Crippen LogP contribution in [0.4, 0.5) is 0 Å². The van der Waals surface area contributed by atoms with Crippen LogP contribution in [0.3, 0.4) is 0 Å². The van der Waals surface area contributed by atoms with Gasteiger partial charge in [0, 0.05) is 18.5 Å². The van der Waals surface area contributed by atoms with Gasteiger partial charge in [-0.2, -0.15) is 0 Å². The molecule has 0 radical (unpaired) electrons. The van der Waals surface area contributed by atoms with Gasteiger partial charge in [-0.15, -0.1) is 12.4 Å². The number of halogens is 1. The lowest BCUT2D eigenvalue weighted by atomic mass is 9.80. The van der Waals surface area contributed by atoms with Crippen molar-refractivity contribution in [1.82, 2.24) is 10.6 Å². The Hall–Kier alpha value is -0.280. The summed E-state index contributed by atoms with van der Waals surface area (Å²) in [6.45, 7) is 7.44. The molecule has 1 aliphatic carbocycles. The maximum atomic E-state index is 12.5. The van der Waals surface area contributed by atoms with Crippen molar-refractivity contribution >= 4 is 18.3 Å². The Morgan fingerprint density at radius 2 is 1.89 bits per heavy atom. The minimum absolute atomic E-state index is 0. The van der Waals surface area contributed by atoms with Crippen molar-refractivity contribution in [2.75, 3.05) is 19.6 Å². The van der Waals surface area contributed by atoms with E-state index in [1.165, 1.54) is 25.7 Å². The number of amides is 1. The monoisotopic (exact) mass is 288 g/mol. The highest BCUT2D eigenvalue weighted by Crippen LogP contribution is 2.41. The zero-order chi connectivity index (χ0) is 13.1. The average molecular weight is 289 g/mol. The molecule has 2 fully saturated rings. The Balaban J connectivity index is 0.00000180. The van der Waals surface area contributed by atoms with Gasteiger partial charge < -0.3 is 10.6 Å². The van der Waals surface area contributed by atoms with Gasteiger partial charge >= 0.3 is 0 Å². The van der Waals surface area contributed by atoms with E-state index < -0.39 is 0 Å². The summed E-state index contributed by atoms with van der Waals surface area (Å²) in [6, 6.07) is 0. The second kappa shape index (κ2) is 6.94. The summed E-state index contributed by atoms with van der Waals surface area (Å²) < 4.78 is 0. The molecule has 0 aromatic rings. The lowest BCUT2D eigenvalue weighted by Gasteiger charge is -2.36. The Morgan fingerprint density at radius 3 is 2.42 bits per heavy atom. The third-order valence-corrected chi connectivity index (χ3v) is 5.08. The predicted octanol–water partition coefficient (Wildman–Crippen LogP) is 2.88. The van der Waals surface area contributed by atoms with Crippen molar-refractivity contribution in [2.45, 2.75) is 58.8 Å². The predicted molar refractivity (Wildman–Crippen MR) is 81.7 cm³/mol. The van der Waals surface area contributed by atoms with Gasteiger partial charge in [0.1, 0.15) is 0 Å². The van der Waals surface area contributed by atoms with Crippen LogP contribution in [-0.2, 0) is 4.79 Å². The fourth-order valence-electron chi connectivity index (χ4n) is 3.54. The van der Waals surface area contributed by atoms with Crippen LogP contribution in [0.15, 0.2) is 0 Å². The highest BCUT2D eigenvalue weighted by molar-refractivity contribution is 5.85. The summed E-state index contributed by atoms with van der Waals surface area (Å²) in [6.07, 6.45) is 8.06. The molecule has 4 heteroatoms. The Morgan fingerprint density at radius 1 is 1.21 bits per heavy atom. The van der Waals surface area contributed by atoms with E-state index in [9.17, 15) is 4.79 Å². The van der Waals surface area contributed by atoms with E-state index in [0.29, 0.717) is 5.91 Å². The van der Waals surface area contributed by atoms with Crippen molar-refractivity contribution < 1.29 is 4.79 Å². The molecule has 2 aliphatic rings. The molecular weight excluding hydrogens is 260 g/mol. The quantitative estimate of drug-likeness (QED) is 0.835. The van der Waals surface area contributed by atoms with Gasteiger partial charge in [-0.1, -0.05) is 26.7 Å². The molecule has 112 valence electrons. The van der Waals surface area contributed by atoms with Crippen LogP contribution in [0.2, 0.25) is 0 Å². The Labute approximate surface area is 123 Å². The molecule has 0 bridgehead atoms. The first-order chi connectivity index (χ1) is 8.60. The molecule has 2 N–H and O–H groups in total. The summed E-state index contributed by atoms with van der Waals surface area (Å²) in [5, 5.41) is 6.69. The number of carbonyl (C=O) groups excluding carboxylic acids is 1. The average Bonchev–Trinajstić information content (AvgIpc) is 2.87. The van der Waals surface area contributed by atoms with Crippen molar-refractivity contribution in [3.63, 3.8) is 0 Å². The van der Waals surface area contributed by atoms with E-state index in [0.717, 1.165) is 38.9 Å². The molecule has 19 heavy (non-hydrogen) atoms. The fourth-order valence-corrected chi connectivity index (χ4v) is 3.54. The SMILES string of the molecule is CCC1(C(=O)NCC2(C)CCCNC2)CCCC1.Cl. The van der Waals surface area contributed by atoms with E-state index >= 15 is 0 Å². The first-order valence-electron chi connectivity index (χ1n) is 7.59. The number of hydrogen-bond donors (Lipinski definition) is 2. The van der Waals surface area contributed by atoms with Gasteiger partial charge in [-0.25, -0.2) is 0 Å². The summed E-state index contributed by atoms with van der Waals surface area (Å²) in [5.41, 5.74) is 0.208. The summed E-state index contributed by atoms with van der Waals surface area (Å²) in [4.78, 5) is 12.5. The van der Waals surface area contributed by atoms with E-state index in [1.807, 2.05) is 0 Å². The van der Waals surface area contributed by atoms with Crippen molar-refractivity contribution in [3.05, 3.63) is 0 Å². The lowest BCUT2D eigenvalue weighted by Crippen LogP contribution is -2.48. The number of rotatable bonds is 4. The number of piperidine rings is 1. The molecular formula is C15H29ClN2O. The van der Waals surface area contributed by atoms with Crippen LogP contribution in [0.5, 0.6) is 0 Å². The van der Waals surface area contributed by atoms with E-state index in [1.54, 1.807) is 0 Å². The first-order valence-corrected chi connectivity index (χ1v) is 7.59. The molecule has 0 spiro atoms. The molecule has 0 aromatic carbocycles. The van der Waals surface area contributed by atoms with Crippen LogP contribution >= 0.6 is 12.4 Å². The van der Waals surface area contributed by atoms with E-state index in [2.05, 4.69) is 24.5 Å². The highest BCUT2D eigenvalue weighted by Gasteiger charge is 2.40. The molecule has 1 heterocycles. The fraction of sp³-hybridized carbons (Fsp3) is 0.933. The minimum Gasteiger partial charge on any atom is -0.355 e. The second-order valence-electron chi connectivity index (χ2n) is 6.61. The smallest absolute Gasteiger partial charge is 0.226 e. The maximum Gasteiger partial charge on any atom is 0.226 e. The number of nitrogens with one attached hydrogen (secondary N) is 2. The largest absolute Gasteiger partial charge is 0.355 e. The summed E-state index contributed by atoms with van der Waals surface area (Å²) in [5.74, 6) is 0.314. The van der Waals surface area contributed by atoms with Crippen molar-refractivity contribution in [3.8, 4) is 0 Å². The molecule has 1 aliphatic heterocycles. The van der Waals surface area contributed by atoms with E-state index in [4.69, 9.17) is 0 Å². The van der Waals surface area contributed by atoms with Gasteiger partial charge in [0.15, 0.2) is 0 Å². The summed E-state index contributed by atoms with van der Waals surface area (Å²) in [7, 11) is 0. The number of carbonyl (C=O) groups is 1. The maximum absolute atomic E-state index is 12.5. The van der Waals surface area contributed by atoms with Gasteiger partial charge in [-0.05, 0) is 44.1 Å². The molecule has 1 amide bonds. The third-order valence-electron chi connectivity index (χ3n) is 5.08. The third kappa shape index (κ3) is 3.85. The topological polar surface area (TPSA) is 41.1 Å². The highest BCUT2D eigenvalue weighted by atomic mass is 35.5. The van der Waals surface area contributed by atoms with Gasteiger partial charge in [0.2, 0.25) is 5.91 Å². The van der Waals surface area contributed by atoms with Crippen molar-refractivity contribution in [1.29, 1.82) is 0 Å². The Bertz CT molecular complexity index is 295. The van der Waals surface area contributed by atoms with Gasteiger partial charge in [-0.3, -0.25) is 4.79 Å². The molecule has 2 rings (SSSR count). The molecule has 1 saturated heterocycles. The van der Waals surface area contributed by atoms with Crippen LogP contribution in [0.25, 0.3) is 0 Å². The van der Waals surface area contributed by atoms with Gasteiger partial charge in [0.05, 0.1) is 0 Å². The Kier molecular flexibility index (Phi) is 6.13. The standard InChI is InChI=1S/C15H28N2O.ClH/c1-3-15(8-4-5-9-15)13(18)17-12-14(2)7-6-10-16-11-14;/h16H,3-12H2,1-2H3,(H,17,18);1H. The second-order valence-corrected chi connectivity index (χ2v) is 6.61. The minimum atomic E-state index is -0.0432. The van der Waals surface area contributed by atoms with Crippen molar-refractivity contribution in [2.24, 2.45) is 10.8 Å².